The number of hydrogen-bond acceptors (Lipinski definition) is 4. The number of piperidine rings is 1. The van der Waals surface area contributed by atoms with Crippen LogP contribution in [0.15, 0.2) is 71.6 Å². The number of carbonyl (C=O) groups is 3. The number of hydrogen-bond donors (Lipinski definition) is 2. The molecule has 0 bridgehead atoms. The van der Waals surface area contributed by atoms with Crippen LogP contribution >= 0.6 is 46.6 Å². The minimum atomic E-state index is -1.10. The van der Waals surface area contributed by atoms with Crippen LogP contribution in [0.3, 0.4) is 0 Å². The predicted octanol–water partition coefficient (Wildman–Crippen LogP) is 7.10. The number of aliphatic carboxylic acids is 1. The minimum Gasteiger partial charge on any atom is -0.480 e. The van der Waals surface area contributed by atoms with E-state index >= 15 is 0 Å². The highest BCUT2D eigenvalue weighted by atomic mass is 35.5. The molecule has 6 nitrogen and oxygen atoms in total. The van der Waals surface area contributed by atoms with Gasteiger partial charge in [-0.1, -0.05) is 83.3 Å². The lowest BCUT2D eigenvalue weighted by atomic mass is 9.94. The maximum atomic E-state index is 13.0. The van der Waals surface area contributed by atoms with Gasteiger partial charge in [0.15, 0.2) is 0 Å². The molecule has 214 valence electrons. The number of nitrogens with one attached hydrogen (secondary N) is 1. The Hall–Kier alpha value is -2.97. The van der Waals surface area contributed by atoms with Gasteiger partial charge in [0.05, 0.1) is 10.0 Å². The number of carboxylic acid groups (broad SMARTS) is 1. The summed E-state index contributed by atoms with van der Waals surface area (Å²) in [6.45, 7) is 0.783. The zero-order valence-corrected chi connectivity index (χ0v) is 25.4. The summed E-state index contributed by atoms with van der Waals surface area (Å²) in [7, 11) is 0. The molecule has 0 aliphatic carbocycles. The average molecular weight is 632 g/mol. The molecule has 0 saturated carbocycles. The number of nitrogens with zero attached hydrogens (tertiary/aromatic N) is 1. The standard InChI is InChI=1S/C31H29Cl3N2O4S/c1-41-26-12-10-21(28(33)29(26)34)11-13-27(37)36-16-14-22(15-17-36)30(38)35-25(31(39)40)18-19-6-8-20(9-7-19)23-4-2-3-5-24(23)32/h2-13,22,25H,14-18H2,1H3,(H,35,38)(H,39,40)/b13-11+/t25-/m0/s1. The van der Waals surface area contributed by atoms with Gasteiger partial charge in [-0.2, -0.15) is 0 Å². The van der Waals surface area contributed by atoms with Crippen LogP contribution in [0.25, 0.3) is 17.2 Å². The lowest BCUT2D eigenvalue weighted by Gasteiger charge is -2.31. The molecular weight excluding hydrogens is 603 g/mol. The van der Waals surface area contributed by atoms with E-state index in [-0.39, 0.29) is 24.2 Å². The van der Waals surface area contributed by atoms with Crippen molar-refractivity contribution in [2.24, 2.45) is 5.92 Å². The first-order valence-electron chi connectivity index (χ1n) is 13.0. The van der Waals surface area contributed by atoms with E-state index in [0.717, 1.165) is 21.6 Å². The highest BCUT2D eigenvalue weighted by Gasteiger charge is 2.29. The number of carboxylic acids is 1. The van der Waals surface area contributed by atoms with Crippen molar-refractivity contribution in [2.75, 3.05) is 19.3 Å². The first-order valence-corrected chi connectivity index (χ1v) is 15.4. The smallest absolute Gasteiger partial charge is 0.326 e. The Morgan fingerprint density at radius 2 is 1.68 bits per heavy atom. The summed E-state index contributed by atoms with van der Waals surface area (Å²) in [5, 5.41) is 13.9. The summed E-state index contributed by atoms with van der Waals surface area (Å²) in [5.74, 6) is -1.98. The van der Waals surface area contributed by atoms with E-state index in [1.54, 1.807) is 11.0 Å². The maximum absolute atomic E-state index is 13.0. The molecule has 2 amide bonds. The predicted molar refractivity (Wildman–Crippen MR) is 167 cm³/mol. The molecule has 1 saturated heterocycles. The summed E-state index contributed by atoms with van der Waals surface area (Å²) < 4.78 is 0. The second-order valence-electron chi connectivity index (χ2n) is 9.70. The van der Waals surface area contributed by atoms with Gasteiger partial charge in [0.25, 0.3) is 0 Å². The fraction of sp³-hybridized carbons (Fsp3) is 0.258. The molecule has 1 aliphatic rings. The Morgan fingerprint density at radius 1 is 1.00 bits per heavy atom. The topological polar surface area (TPSA) is 86.7 Å². The number of halogens is 3. The largest absolute Gasteiger partial charge is 0.480 e. The number of likely N-dealkylation sites (tertiary alicyclic amines) is 1. The average Bonchev–Trinajstić information content (AvgIpc) is 2.98. The quantitative estimate of drug-likeness (QED) is 0.194. The summed E-state index contributed by atoms with van der Waals surface area (Å²) >= 11 is 20.4. The van der Waals surface area contributed by atoms with Crippen LogP contribution in [-0.2, 0) is 20.8 Å². The number of benzene rings is 3. The number of carbonyl (C=O) groups excluding carboxylic acids is 2. The molecule has 1 heterocycles. The summed E-state index contributed by atoms with van der Waals surface area (Å²) in [4.78, 5) is 40.2. The van der Waals surface area contributed by atoms with Crippen LogP contribution in [0.2, 0.25) is 15.1 Å². The van der Waals surface area contributed by atoms with Gasteiger partial charge in [0.2, 0.25) is 11.8 Å². The van der Waals surface area contributed by atoms with Crippen LogP contribution < -0.4 is 5.32 Å². The van der Waals surface area contributed by atoms with Crippen molar-refractivity contribution in [1.82, 2.24) is 10.2 Å². The van der Waals surface area contributed by atoms with Gasteiger partial charge in [-0.3, -0.25) is 9.59 Å². The molecule has 1 fully saturated rings. The Kier molecular flexibility index (Phi) is 10.8. The third-order valence-corrected chi connectivity index (χ3v) is 9.19. The fourth-order valence-electron chi connectivity index (χ4n) is 4.70. The third-order valence-electron chi connectivity index (χ3n) is 7.07. The number of thioether (sulfide) groups is 1. The third kappa shape index (κ3) is 7.86. The number of amides is 2. The molecule has 3 aromatic carbocycles. The van der Waals surface area contributed by atoms with E-state index in [9.17, 15) is 19.5 Å². The molecule has 0 spiro atoms. The molecule has 10 heteroatoms. The molecule has 41 heavy (non-hydrogen) atoms. The van der Waals surface area contributed by atoms with Gasteiger partial charge in [-0.25, -0.2) is 4.79 Å². The SMILES string of the molecule is CSc1ccc(/C=C/C(=O)N2CCC(C(=O)N[C@@H](Cc3ccc(-c4ccccc4Cl)cc3)C(=O)O)CC2)c(Cl)c1Cl. The lowest BCUT2D eigenvalue weighted by Crippen LogP contribution is -2.48. The Balaban J connectivity index is 1.30. The monoisotopic (exact) mass is 630 g/mol. The van der Waals surface area contributed by atoms with Gasteiger partial charge in [0.1, 0.15) is 6.04 Å². The van der Waals surface area contributed by atoms with Crippen molar-refractivity contribution in [3.8, 4) is 11.1 Å². The molecular formula is C31H29Cl3N2O4S. The summed E-state index contributed by atoms with van der Waals surface area (Å²) in [6.07, 6.45) is 6.03. The van der Waals surface area contributed by atoms with Crippen LogP contribution in [0, 0.1) is 5.92 Å². The molecule has 0 radical (unpaired) electrons. The van der Waals surface area contributed by atoms with Crippen molar-refractivity contribution < 1.29 is 19.5 Å². The van der Waals surface area contributed by atoms with Crippen molar-refractivity contribution >= 4 is 70.4 Å². The molecule has 1 aliphatic heterocycles. The molecule has 4 rings (SSSR count). The van der Waals surface area contributed by atoms with Gasteiger partial charge in [-0.05, 0) is 54.0 Å². The van der Waals surface area contributed by atoms with Crippen molar-refractivity contribution in [3.63, 3.8) is 0 Å². The molecule has 0 aromatic heterocycles. The van der Waals surface area contributed by atoms with Gasteiger partial charge >= 0.3 is 5.97 Å². The normalized spacial score (nSPS) is 14.7. The van der Waals surface area contributed by atoms with E-state index in [1.807, 2.05) is 66.9 Å². The zero-order chi connectivity index (χ0) is 29.5. The summed E-state index contributed by atoms with van der Waals surface area (Å²) in [6, 6.07) is 17.6. The van der Waals surface area contributed by atoms with Crippen molar-refractivity contribution in [3.05, 3.63) is 92.9 Å². The Morgan fingerprint density at radius 3 is 2.32 bits per heavy atom. The summed E-state index contributed by atoms with van der Waals surface area (Å²) in [5.41, 5.74) is 3.24. The zero-order valence-electron chi connectivity index (χ0n) is 22.3. The molecule has 2 N–H and O–H groups in total. The van der Waals surface area contributed by atoms with Gasteiger partial charge in [0, 0.05) is 47.0 Å². The van der Waals surface area contributed by atoms with Crippen molar-refractivity contribution in [1.29, 1.82) is 0 Å². The van der Waals surface area contributed by atoms with E-state index in [0.29, 0.717) is 46.6 Å². The first kappa shape index (κ1) is 31.0. The van der Waals surface area contributed by atoms with E-state index in [1.165, 1.54) is 17.8 Å². The highest BCUT2D eigenvalue weighted by Crippen LogP contribution is 2.35. The van der Waals surface area contributed by atoms with Crippen molar-refractivity contribution in [2.45, 2.75) is 30.2 Å². The van der Waals surface area contributed by atoms with Crippen LogP contribution in [0.4, 0.5) is 0 Å². The minimum absolute atomic E-state index is 0.149. The van der Waals surface area contributed by atoms with Crippen LogP contribution in [-0.4, -0.2) is 53.2 Å². The van der Waals surface area contributed by atoms with E-state index in [2.05, 4.69) is 5.32 Å². The molecule has 1 atom stereocenters. The first-order chi connectivity index (χ1) is 19.7. The highest BCUT2D eigenvalue weighted by molar-refractivity contribution is 7.98. The maximum Gasteiger partial charge on any atom is 0.326 e. The lowest BCUT2D eigenvalue weighted by molar-refractivity contribution is -0.142. The molecule has 3 aromatic rings. The number of rotatable bonds is 9. The molecule has 0 unspecified atom stereocenters. The van der Waals surface area contributed by atoms with Crippen LogP contribution in [0.1, 0.15) is 24.0 Å². The van der Waals surface area contributed by atoms with Gasteiger partial charge < -0.3 is 15.3 Å². The van der Waals surface area contributed by atoms with Gasteiger partial charge in [-0.15, -0.1) is 11.8 Å². The second-order valence-corrected chi connectivity index (χ2v) is 11.7. The second kappa shape index (κ2) is 14.3. The van der Waals surface area contributed by atoms with E-state index < -0.39 is 12.0 Å². The van der Waals surface area contributed by atoms with E-state index in [4.69, 9.17) is 34.8 Å². The Bertz CT molecular complexity index is 1450. The van der Waals surface area contributed by atoms with Crippen LogP contribution in [0.5, 0.6) is 0 Å². The fourth-order valence-corrected chi connectivity index (χ4v) is 6.12. The Labute approximate surface area is 258 Å².